The maximum atomic E-state index is 12.4. The Bertz CT molecular complexity index is 1080. The van der Waals surface area contributed by atoms with Crippen LogP contribution in [0.3, 0.4) is 0 Å². The molecule has 2 amide bonds. The molecule has 8 heteroatoms. The van der Waals surface area contributed by atoms with Gasteiger partial charge in [0, 0.05) is 22.1 Å². The van der Waals surface area contributed by atoms with E-state index in [1.54, 1.807) is 30.3 Å². The minimum absolute atomic E-state index is 0.0760. The van der Waals surface area contributed by atoms with E-state index in [0.29, 0.717) is 22.1 Å². The summed E-state index contributed by atoms with van der Waals surface area (Å²) in [6.45, 7) is 1.93. The first-order valence-electron chi connectivity index (χ1n) is 8.35. The van der Waals surface area contributed by atoms with Crippen molar-refractivity contribution in [1.29, 1.82) is 0 Å². The van der Waals surface area contributed by atoms with E-state index in [9.17, 15) is 13.2 Å². The van der Waals surface area contributed by atoms with Gasteiger partial charge in [0.2, 0.25) is 0 Å². The molecule has 28 heavy (non-hydrogen) atoms. The van der Waals surface area contributed by atoms with Crippen LogP contribution in [-0.2, 0) is 10.0 Å². The third-order valence-electron chi connectivity index (χ3n) is 3.79. The Balaban J connectivity index is 1.65. The first-order valence-corrected chi connectivity index (χ1v) is 10.2. The highest BCUT2D eigenvalue weighted by Crippen LogP contribution is 2.20. The van der Waals surface area contributed by atoms with E-state index in [2.05, 4.69) is 15.4 Å². The van der Waals surface area contributed by atoms with Gasteiger partial charge in [-0.1, -0.05) is 23.7 Å². The van der Waals surface area contributed by atoms with Crippen molar-refractivity contribution in [2.24, 2.45) is 0 Å². The summed E-state index contributed by atoms with van der Waals surface area (Å²) in [6, 6.07) is 19.2. The maximum Gasteiger partial charge on any atom is 0.323 e. The van der Waals surface area contributed by atoms with E-state index < -0.39 is 16.1 Å². The van der Waals surface area contributed by atoms with Crippen LogP contribution in [0.2, 0.25) is 5.02 Å². The Kier molecular flexibility index (Phi) is 5.87. The number of halogens is 1. The van der Waals surface area contributed by atoms with Crippen molar-refractivity contribution < 1.29 is 13.2 Å². The Hall–Kier alpha value is -3.03. The standard InChI is InChI=1S/C20H18ClN3O3S/c1-14-3-2-4-18(13-14)23-20(25)22-16-9-11-19(12-10-16)28(26,27)24-17-7-5-15(21)6-8-17/h2-13,24H,1H3,(H2,22,23,25). The zero-order valence-corrected chi connectivity index (χ0v) is 16.5. The monoisotopic (exact) mass is 415 g/mol. The van der Waals surface area contributed by atoms with Gasteiger partial charge in [0.1, 0.15) is 0 Å². The second kappa shape index (κ2) is 8.33. The summed E-state index contributed by atoms with van der Waals surface area (Å²) in [4.78, 5) is 12.2. The first-order chi connectivity index (χ1) is 13.3. The van der Waals surface area contributed by atoms with Gasteiger partial charge in [-0.3, -0.25) is 4.72 Å². The fraction of sp³-hybridized carbons (Fsp3) is 0.0500. The summed E-state index contributed by atoms with van der Waals surface area (Å²) in [7, 11) is -3.75. The minimum atomic E-state index is -3.75. The lowest BCUT2D eigenvalue weighted by Crippen LogP contribution is -2.19. The van der Waals surface area contributed by atoms with Crippen LogP contribution in [0.25, 0.3) is 0 Å². The molecule has 0 aliphatic carbocycles. The van der Waals surface area contributed by atoms with E-state index in [4.69, 9.17) is 11.6 Å². The molecule has 6 nitrogen and oxygen atoms in total. The van der Waals surface area contributed by atoms with Gasteiger partial charge in [0.15, 0.2) is 0 Å². The van der Waals surface area contributed by atoms with Crippen LogP contribution in [-0.4, -0.2) is 14.4 Å². The molecule has 3 aromatic rings. The number of urea groups is 1. The van der Waals surface area contributed by atoms with Crippen LogP contribution in [0.1, 0.15) is 5.56 Å². The van der Waals surface area contributed by atoms with Crippen LogP contribution in [0.5, 0.6) is 0 Å². The quantitative estimate of drug-likeness (QED) is 0.542. The number of amides is 2. The van der Waals surface area contributed by atoms with Crippen LogP contribution in [0, 0.1) is 6.92 Å². The number of nitrogens with one attached hydrogen (secondary N) is 3. The molecule has 0 heterocycles. The number of rotatable bonds is 5. The van der Waals surface area contributed by atoms with Crippen molar-refractivity contribution in [3.05, 3.63) is 83.4 Å². The SMILES string of the molecule is Cc1cccc(NC(=O)Nc2ccc(S(=O)(=O)Nc3ccc(Cl)cc3)cc2)c1. The summed E-state index contributed by atoms with van der Waals surface area (Å²) < 4.78 is 27.4. The Morgan fingerprint density at radius 2 is 1.43 bits per heavy atom. The third-order valence-corrected chi connectivity index (χ3v) is 5.44. The van der Waals surface area contributed by atoms with E-state index in [-0.39, 0.29) is 4.90 Å². The second-order valence-corrected chi connectivity index (χ2v) is 8.20. The lowest BCUT2D eigenvalue weighted by Gasteiger charge is -2.10. The average molecular weight is 416 g/mol. The Labute approximate surface area is 168 Å². The number of hydrogen-bond donors (Lipinski definition) is 3. The molecule has 0 saturated carbocycles. The van der Waals surface area contributed by atoms with Crippen molar-refractivity contribution in [2.45, 2.75) is 11.8 Å². The number of sulfonamides is 1. The molecule has 0 aromatic heterocycles. The number of benzene rings is 3. The normalized spacial score (nSPS) is 10.9. The molecule has 3 N–H and O–H groups in total. The van der Waals surface area contributed by atoms with E-state index in [1.165, 1.54) is 24.3 Å². The first kappa shape index (κ1) is 19.7. The lowest BCUT2D eigenvalue weighted by atomic mass is 10.2. The van der Waals surface area contributed by atoms with Crippen LogP contribution in [0.15, 0.2) is 77.7 Å². The van der Waals surface area contributed by atoms with Crippen molar-refractivity contribution in [3.63, 3.8) is 0 Å². The molecular formula is C20H18ClN3O3S. The van der Waals surface area contributed by atoms with Gasteiger partial charge in [-0.2, -0.15) is 0 Å². The number of hydrogen-bond acceptors (Lipinski definition) is 3. The summed E-state index contributed by atoms with van der Waals surface area (Å²) in [6.07, 6.45) is 0. The van der Waals surface area contributed by atoms with Gasteiger partial charge >= 0.3 is 6.03 Å². The van der Waals surface area contributed by atoms with E-state index in [0.717, 1.165) is 5.56 Å². The second-order valence-electron chi connectivity index (χ2n) is 6.09. The molecule has 0 atom stereocenters. The fourth-order valence-electron chi connectivity index (χ4n) is 2.47. The molecular weight excluding hydrogens is 398 g/mol. The molecule has 0 radical (unpaired) electrons. The zero-order valence-electron chi connectivity index (χ0n) is 14.9. The summed E-state index contributed by atoms with van der Waals surface area (Å²) in [5, 5.41) is 5.90. The number of carbonyl (C=O) groups is 1. The summed E-state index contributed by atoms with van der Waals surface area (Å²) >= 11 is 5.80. The molecule has 0 saturated heterocycles. The average Bonchev–Trinajstić information content (AvgIpc) is 2.64. The fourth-order valence-corrected chi connectivity index (χ4v) is 3.65. The summed E-state index contributed by atoms with van der Waals surface area (Å²) in [5.41, 5.74) is 2.57. The van der Waals surface area contributed by atoms with Crippen molar-refractivity contribution in [3.8, 4) is 0 Å². The van der Waals surface area contributed by atoms with Crippen molar-refractivity contribution in [2.75, 3.05) is 15.4 Å². The third kappa shape index (κ3) is 5.25. The lowest BCUT2D eigenvalue weighted by molar-refractivity contribution is 0.262. The van der Waals surface area contributed by atoms with Gasteiger partial charge in [0.25, 0.3) is 10.0 Å². The molecule has 0 bridgehead atoms. The molecule has 0 fully saturated rings. The van der Waals surface area contributed by atoms with E-state index in [1.807, 2.05) is 25.1 Å². The molecule has 3 aromatic carbocycles. The van der Waals surface area contributed by atoms with Crippen LogP contribution < -0.4 is 15.4 Å². The number of aryl methyl sites for hydroxylation is 1. The zero-order chi connectivity index (χ0) is 20.1. The molecule has 0 aliphatic rings. The number of carbonyl (C=O) groups excluding carboxylic acids is 1. The van der Waals surface area contributed by atoms with Gasteiger partial charge in [-0.15, -0.1) is 0 Å². The number of anilines is 3. The van der Waals surface area contributed by atoms with Crippen LogP contribution >= 0.6 is 11.6 Å². The molecule has 144 valence electrons. The molecule has 0 spiro atoms. The molecule has 0 unspecified atom stereocenters. The van der Waals surface area contributed by atoms with Gasteiger partial charge in [-0.25, -0.2) is 13.2 Å². The largest absolute Gasteiger partial charge is 0.323 e. The Morgan fingerprint density at radius 1 is 0.821 bits per heavy atom. The Morgan fingerprint density at radius 3 is 2.07 bits per heavy atom. The minimum Gasteiger partial charge on any atom is -0.308 e. The van der Waals surface area contributed by atoms with Gasteiger partial charge < -0.3 is 10.6 Å². The van der Waals surface area contributed by atoms with Gasteiger partial charge in [-0.05, 0) is 73.2 Å². The highest BCUT2D eigenvalue weighted by molar-refractivity contribution is 7.92. The molecule has 0 aliphatic heterocycles. The topological polar surface area (TPSA) is 87.3 Å². The van der Waals surface area contributed by atoms with Crippen molar-refractivity contribution >= 4 is 44.7 Å². The highest BCUT2D eigenvalue weighted by atomic mass is 35.5. The molecule has 3 rings (SSSR count). The van der Waals surface area contributed by atoms with E-state index >= 15 is 0 Å². The van der Waals surface area contributed by atoms with Crippen LogP contribution in [0.4, 0.5) is 21.9 Å². The predicted octanol–water partition coefficient (Wildman–Crippen LogP) is 5.09. The van der Waals surface area contributed by atoms with Crippen molar-refractivity contribution in [1.82, 2.24) is 0 Å². The smallest absolute Gasteiger partial charge is 0.308 e. The summed E-state index contributed by atoms with van der Waals surface area (Å²) in [5.74, 6) is 0. The van der Waals surface area contributed by atoms with Gasteiger partial charge in [0.05, 0.1) is 4.90 Å². The predicted molar refractivity (Wildman–Crippen MR) is 113 cm³/mol. The maximum absolute atomic E-state index is 12.4. The highest BCUT2D eigenvalue weighted by Gasteiger charge is 2.14.